The number of hydrogen-bond acceptors (Lipinski definition) is 0. The number of hydrogen-bond donors (Lipinski definition) is 0. The first-order valence-corrected chi connectivity index (χ1v) is 5.56. The molecule has 0 aliphatic heterocycles. The predicted molar refractivity (Wildman–Crippen MR) is 55.2 cm³/mol. The quantitative estimate of drug-likeness (QED) is 0.591. The van der Waals surface area contributed by atoms with Gasteiger partial charge in [-0.3, -0.25) is 0 Å². The molecule has 0 aromatic heterocycles. The summed E-state index contributed by atoms with van der Waals surface area (Å²) in [4.78, 5) is 0. The molecule has 1 aliphatic rings. The molecule has 0 aromatic carbocycles. The van der Waals surface area contributed by atoms with E-state index >= 15 is 0 Å². The standard InChI is InChI=1S/C12H24/c1-5-10(2)9-11-7-6-8-12(11,3)4/h10-11H,5-9H2,1-4H3. The summed E-state index contributed by atoms with van der Waals surface area (Å²) < 4.78 is 0. The second-order valence-electron chi connectivity index (χ2n) is 5.33. The van der Waals surface area contributed by atoms with Gasteiger partial charge in [0.05, 0.1) is 0 Å². The first-order valence-electron chi connectivity index (χ1n) is 5.56. The monoisotopic (exact) mass is 168 g/mol. The van der Waals surface area contributed by atoms with Gasteiger partial charge in [0.1, 0.15) is 0 Å². The van der Waals surface area contributed by atoms with Crippen molar-refractivity contribution in [3.05, 3.63) is 0 Å². The molecule has 0 nitrogen and oxygen atoms in total. The normalized spacial score (nSPS) is 30.5. The van der Waals surface area contributed by atoms with E-state index in [4.69, 9.17) is 0 Å². The third-order valence-electron chi connectivity index (χ3n) is 3.86. The summed E-state index contributed by atoms with van der Waals surface area (Å²) in [6.45, 7) is 9.61. The zero-order valence-corrected chi connectivity index (χ0v) is 9.19. The molecule has 0 spiro atoms. The third kappa shape index (κ3) is 2.24. The van der Waals surface area contributed by atoms with Crippen LogP contribution in [0.1, 0.15) is 59.8 Å². The lowest BCUT2D eigenvalue weighted by Gasteiger charge is -2.28. The summed E-state index contributed by atoms with van der Waals surface area (Å²) in [6, 6.07) is 0. The average Bonchev–Trinajstić information content (AvgIpc) is 2.31. The van der Waals surface area contributed by atoms with Crippen molar-refractivity contribution in [1.82, 2.24) is 0 Å². The Labute approximate surface area is 77.7 Å². The Hall–Kier alpha value is 0. The molecule has 1 aliphatic carbocycles. The van der Waals surface area contributed by atoms with Gasteiger partial charge < -0.3 is 0 Å². The highest BCUT2D eigenvalue weighted by Crippen LogP contribution is 2.45. The van der Waals surface area contributed by atoms with Gasteiger partial charge in [-0.2, -0.15) is 0 Å². The minimum absolute atomic E-state index is 0.642. The Bertz CT molecular complexity index is 135. The van der Waals surface area contributed by atoms with E-state index in [-0.39, 0.29) is 0 Å². The smallest absolute Gasteiger partial charge is 0.0326 e. The van der Waals surface area contributed by atoms with Gasteiger partial charge in [0.2, 0.25) is 0 Å². The molecular weight excluding hydrogens is 144 g/mol. The summed E-state index contributed by atoms with van der Waals surface area (Å²) in [5, 5.41) is 0. The molecule has 0 radical (unpaired) electrons. The molecule has 1 fully saturated rings. The van der Waals surface area contributed by atoms with E-state index < -0.39 is 0 Å². The van der Waals surface area contributed by atoms with Gasteiger partial charge in [-0.05, 0) is 36.5 Å². The average molecular weight is 168 g/mol. The van der Waals surface area contributed by atoms with E-state index in [0.29, 0.717) is 5.41 Å². The maximum absolute atomic E-state index is 2.45. The van der Waals surface area contributed by atoms with Crippen LogP contribution < -0.4 is 0 Å². The summed E-state index contributed by atoms with van der Waals surface area (Å²) in [5.74, 6) is 1.94. The maximum Gasteiger partial charge on any atom is -0.0326 e. The van der Waals surface area contributed by atoms with Crippen LogP contribution in [0.2, 0.25) is 0 Å². The third-order valence-corrected chi connectivity index (χ3v) is 3.86. The van der Waals surface area contributed by atoms with Crippen LogP contribution in [0.15, 0.2) is 0 Å². The first kappa shape index (κ1) is 10.1. The molecule has 2 atom stereocenters. The van der Waals surface area contributed by atoms with Crippen LogP contribution in [0, 0.1) is 17.3 Å². The molecule has 0 saturated heterocycles. The predicted octanol–water partition coefficient (Wildman–Crippen LogP) is 4.25. The van der Waals surface area contributed by atoms with E-state index in [9.17, 15) is 0 Å². The minimum atomic E-state index is 0.642. The van der Waals surface area contributed by atoms with Crippen molar-refractivity contribution in [3.8, 4) is 0 Å². The summed E-state index contributed by atoms with van der Waals surface area (Å²) in [7, 11) is 0. The highest BCUT2D eigenvalue weighted by atomic mass is 14.4. The van der Waals surface area contributed by atoms with Crippen molar-refractivity contribution in [2.45, 2.75) is 59.8 Å². The highest BCUT2D eigenvalue weighted by Gasteiger charge is 2.34. The Morgan fingerprint density at radius 3 is 2.50 bits per heavy atom. The Morgan fingerprint density at radius 2 is 2.08 bits per heavy atom. The first-order chi connectivity index (χ1) is 5.56. The van der Waals surface area contributed by atoms with Gasteiger partial charge in [-0.1, -0.05) is 40.5 Å². The SMILES string of the molecule is CCC(C)CC1CCCC1(C)C. The van der Waals surface area contributed by atoms with Crippen molar-refractivity contribution in [2.75, 3.05) is 0 Å². The molecule has 0 bridgehead atoms. The molecule has 0 amide bonds. The van der Waals surface area contributed by atoms with Crippen LogP contribution in [-0.2, 0) is 0 Å². The maximum atomic E-state index is 2.45. The largest absolute Gasteiger partial charge is 0.0651 e. The van der Waals surface area contributed by atoms with Crippen molar-refractivity contribution < 1.29 is 0 Å². The van der Waals surface area contributed by atoms with Gasteiger partial charge in [-0.25, -0.2) is 0 Å². The molecular formula is C12H24. The Morgan fingerprint density at radius 1 is 1.42 bits per heavy atom. The van der Waals surface area contributed by atoms with Crippen molar-refractivity contribution in [3.63, 3.8) is 0 Å². The zero-order valence-electron chi connectivity index (χ0n) is 9.19. The molecule has 2 unspecified atom stereocenters. The van der Waals surface area contributed by atoms with Gasteiger partial charge in [0.15, 0.2) is 0 Å². The highest BCUT2D eigenvalue weighted by molar-refractivity contribution is 4.85. The lowest BCUT2D eigenvalue weighted by molar-refractivity contribution is 0.217. The number of rotatable bonds is 3. The molecule has 0 heteroatoms. The fraction of sp³-hybridized carbons (Fsp3) is 1.00. The van der Waals surface area contributed by atoms with Crippen LogP contribution in [0.5, 0.6) is 0 Å². The van der Waals surface area contributed by atoms with Gasteiger partial charge >= 0.3 is 0 Å². The summed E-state index contributed by atoms with van der Waals surface area (Å²) in [5.41, 5.74) is 0.642. The van der Waals surface area contributed by atoms with Crippen molar-refractivity contribution in [2.24, 2.45) is 17.3 Å². The van der Waals surface area contributed by atoms with Crippen LogP contribution in [0.4, 0.5) is 0 Å². The van der Waals surface area contributed by atoms with Gasteiger partial charge in [0, 0.05) is 0 Å². The van der Waals surface area contributed by atoms with Crippen LogP contribution >= 0.6 is 0 Å². The molecule has 12 heavy (non-hydrogen) atoms. The van der Waals surface area contributed by atoms with Crippen LogP contribution in [0.3, 0.4) is 0 Å². The van der Waals surface area contributed by atoms with E-state index in [0.717, 1.165) is 11.8 Å². The molecule has 0 aromatic rings. The zero-order chi connectivity index (χ0) is 9.19. The van der Waals surface area contributed by atoms with Gasteiger partial charge in [0.25, 0.3) is 0 Å². The molecule has 1 rings (SSSR count). The fourth-order valence-corrected chi connectivity index (χ4v) is 2.49. The fourth-order valence-electron chi connectivity index (χ4n) is 2.49. The molecule has 72 valence electrons. The molecule has 0 N–H and O–H groups in total. The second-order valence-corrected chi connectivity index (χ2v) is 5.33. The summed E-state index contributed by atoms with van der Waals surface area (Å²) in [6.07, 6.45) is 7.22. The van der Waals surface area contributed by atoms with Crippen LogP contribution in [-0.4, -0.2) is 0 Å². The van der Waals surface area contributed by atoms with E-state index in [1.807, 2.05) is 0 Å². The molecule has 1 saturated carbocycles. The van der Waals surface area contributed by atoms with E-state index in [1.54, 1.807) is 0 Å². The van der Waals surface area contributed by atoms with Crippen molar-refractivity contribution in [1.29, 1.82) is 0 Å². The van der Waals surface area contributed by atoms with E-state index in [2.05, 4.69) is 27.7 Å². The summed E-state index contributed by atoms with van der Waals surface area (Å²) >= 11 is 0. The van der Waals surface area contributed by atoms with Crippen molar-refractivity contribution >= 4 is 0 Å². The van der Waals surface area contributed by atoms with Gasteiger partial charge in [-0.15, -0.1) is 0 Å². The molecule has 0 heterocycles. The lowest BCUT2D eigenvalue weighted by atomic mass is 9.77. The van der Waals surface area contributed by atoms with E-state index in [1.165, 1.54) is 32.1 Å². The minimum Gasteiger partial charge on any atom is -0.0651 e. The Balaban J connectivity index is 2.41. The topological polar surface area (TPSA) is 0 Å². The lowest BCUT2D eigenvalue weighted by Crippen LogP contribution is -2.19. The Kier molecular flexibility index (Phi) is 3.20. The van der Waals surface area contributed by atoms with Crippen LogP contribution in [0.25, 0.3) is 0 Å². The second kappa shape index (κ2) is 3.81.